The van der Waals surface area contributed by atoms with Crippen molar-refractivity contribution < 1.29 is 28.2 Å². The first kappa shape index (κ1) is 19.2. The van der Waals surface area contributed by atoms with Crippen LogP contribution in [-0.2, 0) is 19.8 Å². The summed E-state index contributed by atoms with van der Waals surface area (Å²) < 4.78 is 24.7. The molecule has 11 heteroatoms. The van der Waals surface area contributed by atoms with Gasteiger partial charge < -0.3 is 15.1 Å². The fourth-order valence-electron chi connectivity index (χ4n) is 4.40. The molecule has 2 fully saturated rings. The Morgan fingerprint density at radius 2 is 2.12 bits per heavy atom. The Labute approximate surface area is 151 Å². The molecule has 2 saturated heterocycles. The molecule has 0 aliphatic carbocycles. The summed E-state index contributed by atoms with van der Waals surface area (Å²) in [4.78, 5) is 27.3. The lowest BCUT2D eigenvalue weighted by Gasteiger charge is -2.46. The average Bonchev–Trinajstić information content (AvgIpc) is 3.00. The van der Waals surface area contributed by atoms with Gasteiger partial charge in [-0.25, -0.2) is 9.93 Å². The quantitative estimate of drug-likeness (QED) is 0.386. The molecule has 146 valence electrons. The van der Waals surface area contributed by atoms with E-state index in [4.69, 9.17) is 5.14 Å². The lowest BCUT2D eigenvalue weighted by molar-refractivity contribution is -0.163. The summed E-state index contributed by atoms with van der Waals surface area (Å²) in [5.41, 5.74) is 0.627. The van der Waals surface area contributed by atoms with Crippen LogP contribution in [0.4, 0.5) is 0 Å². The van der Waals surface area contributed by atoms with Gasteiger partial charge in [0.15, 0.2) is 0 Å². The third kappa shape index (κ3) is 3.25. The van der Waals surface area contributed by atoms with Crippen molar-refractivity contribution in [2.75, 3.05) is 19.6 Å². The molecule has 0 aromatic rings. The van der Waals surface area contributed by atoms with Crippen LogP contribution >= 0.6 is 0 Å². The summed E-state index contributed by atoms with van der Waals surface area (Å²) in [6.45, 7) is 4.74. The van der Waals surface area contributed by atoms with Crippen LogP contribution < -0.4 is 9.86 Å². The highest BCUT2D eigenvalue weighted by molar-refractivity contribution is 7.87. The van der Waals surface area contributed by atoms with E-state index in [0.29, 0.717) is 31.6 Å². The van der Waals surface area contributed by atoms with Gasteiger partial charge in [0, 0.05) is 31.6 Å². The maximum Gasteiger partial charge on any atom is 0.352 e. The Bertz CT molecular complexity index is 764. The smallest absolute Gasteiger partial charge is 0.352 e. The van der Waals surface area contributed by atoms with E-state index in [0.717, 1.165) is 0 Å². The molecule has 3 heterocycles. The van der Waals surface area contributed by atoms with Crippen molar-refractivity contribution in [2.45, 2.75) is 38.5 Å². The van der Waals surface area contributed by atoms with Crippen LogP contribution in [0, 0.1) is 11.8 Å². The predicted octanol–water partition coefficient (Wildman–Crippen LogP) is -1.95. The van der Waals surface area contributed by atoms with E-state index in [-0.39, 0.29) is 29.6 Å². The van der Waals surface area contributed by atoms with Crippen molar-refractivity contribution in [3.63, 3.8) is 0 Å². The monoisotopic (exact) mass is 388 g/mol. The van der Waals surface area contributed by atoms with Crippen molar-refractivity contribution in [1.82, 2.24) is 14.5 Å². The second-order valence-corrected chi connectivity index (χ2v) is 8.64. The number of carbonyl (C=O) groups excluding carboxylic acids is 1. The maximum absolute atomic E-state index is 12.3. The van der Waals surface area contributed by atoms with E-state index in [1.807, 2.05) is 11.8 Å². The number of amides is 1. The molecular weight excluding hydrogens is 364 g/mol. The zero-order chi connectivity index (χ0) is 19.4. The van der Waals surface area contributed by atoms with E-state index < -0.39 is 28.2 Å². The van der Waals surface area contributed by atoms with Crippen LogP contribution in [0.5, 0.6) is 0 Å². The number of likely N-dealkylation sites (tertiary alicyclic amines) is 1. The fourth-order valence-corrected chi connectivity index (χ4v) is 5.06. The first-order valence-electron chi connectivity index (χ1n) is 8.51. The Kier molecular flexibility index (Phi) is 4.86. The molecule has 1 unspecified atom stereocenters. The van der Waals surface area contributed by atoms with E-state index in [1.54, 1.807) is 0 Å². The topological polar surface area (TPSA) is 153 Å². The molecule has 3 aliphatic heterocycles. The molecule has 0 bridgehead atoms. The minimum absolute atomic E-state index is 0.00717. The van der Waals surface area contributed by atoms with Gasteiger partial charge in [-0.2, -0.15) is 13.1 Å². The molecule has 10 nitrogen and oxygen atoms in total. The lowest BCUT2D eigenvalue weighted by Crippen LogP contribution is -2.63. The molecule has 0 radical (unpaired) electrons. The van der Waals surface area contributed by atoms with Gasteiger partial charge in [0.05, 0.1) is 18.1 Å². The number of rotatable bonds is 6. The number of hydrogen-bond donors (Lipinski definition) is 4. The van der Waals surface area contributed by atoms with Crippen molar-refractivity contribution in [1.29, 1.82) is 0 Å². The minimum atomic E-state index is -3.79. The van der Waals surface area contributed by atoms with E-state index in [9.17, 15) is 28.2 Å². The van der Waals surface area contributed by atoms with Gasteiger partial charge in [-0.05, 0) is 18.9 Å². The summed E-state index contributed by atoms with van der Waals surface area (Å²) in [7, 11) is -3.79. The van der Waals surface area contributed by atoms with Crippen LogP contribution in [0.2, 0.25) is 0 Å². The summed E-state index contributed by atoms with van der Waals surface area (Å²) in [5, 5.41) is 24.4. The number of nitrogens with one attached hydrogen (secondary N) is 1. The molecule has 3 aliphatic rings. The zero-order valence-corrected chi connectivity index (χ0v) is 15.4. The van der Waals surface area contributed by atoms with Crippen molar-refractivity contribution in [3.8, 4) is 0 Å². The van der Waals surface area contributed by atoms with Gasteiger partial charge in [-0.15, -0.1) is 0 Å². The highest BCUT2D eigenvalue weighted by atomic mass is 32.2. The Morgan fingerprint density at radius 3 is 2.65 bits per heavy atom. The second-order valence-electron chi connectivity index (χ2n) is 7.32. The molecule has 0 saturated carbocycles. The highest BCUT2D eigenvalue weighted by Gasteiger charge is 2.59. The third-order valence-electron chi connectivity index (χ3n) is 5.52. The number of aliphatic hydroxyl groups is 1. The number of carboxylic acids is 1. The van der Waals surface area contributed by atoms with E-state index in [1.165, 1.54) is 11.8 Å². The SMILES string of the molecule is C[C@@H](O)C1C(=O)N2C(C(=O)O)=C(CN3CC[C@H](NS(N)(=O)=O)C3)[C@H](C)[C@H]12. The van der Waals surface area contributed by atoms with Gasteiger partial charge in [-0.3, -0.25) is 9.69 Å². The molecule has 1 amide bonds. The van der Waals surface area contributed by atoms with Gasteiger partial charge in [0.25, 0.3) is 10.2 Å². The predicted molar refractivity (Wildman–Crippen MR) is 90.7 cm³/mol. The van der Waals surface area contributed by atoms with Crippen LogP contribution in [0.1, 0.15) is 20.3 Å². The number of β-lactam (4-membered cyclic amide) rings is 1. The van der Waals surface area contributed by atoms with Gasteiger partial charge in [0.2, 0.25) is 5.91 Å². The lowest BCUT2D eigenvalue weighted by atomic mass is 9.77. The molecule has 26 heavy (non-hydrogen) atoms. The van der Waals surface area contributed by atoms with E-state index in [2.05, 4.69) is 4.72 Å². The van der Waals surface area contributed by atoms with Crippen molar-refractivity contribution >= 4 is 22.1 Å². The first-order chi connectivity index (χ1) is 12.0. The number of carboxylic acid groups (broad SMARTS) is 1. The fraction of sp³-hybridized carbons (Fsp3) is 0.733. The van der Waals surface area contributed by atoms with Crippen LogP contribution in [0.3, 0.4) is 0 Å². The van der Waals surface area contributed by atoms with Gasteiger partial charge in [0.1, 0.15) is 5.70 Å². The molecule has 0 aromatic carbocycles. The number of aliphatic carboxylic acids is 1. The number of nitrogens with two attached hydrogens (primary N) is 1. The number of nitrogens with zero attached hydrogens (tertiary/aromatic N) is 2. The number of aliphatic hydroxyl groups excluding tert-OH is 1. The van der Waals surface area contributed by atoms with Crippen molar-refractivity contribution in [3.05, 3.63) is 11.3 Å². The normalized spacial score (nSPS) is 33.4. The number of fused-ring (bicyclic) bond motifs is 1. The maximum atomic E-state index is 12.3. The van der Waals surface area contributed by atoms with Gasteiger partial charge >= 0.3 is 5.97 Å². The molecule has 5 N–H and O–H groups in total. The Balaban J connectivity index is 1.77. The summed E-state index contributed by atoms with van der Waals surface area (Å²) in [5.74, 6) is -2.31. The Hall–Kier alpha value is -1.53. The van der Waals surface area contributed by atoms with Crippen LogP contribution in [0.25, 0.3) is 0 Å². The standard InChI is InChI=1S/C15H24N4O6S/c1-7-10(6-18-4-3-9(5-18)17-26(16,24)25)13(15(22)23)19-12(7)11(8(2)20)14(19)21/h7-9,11-12,17,20H,3-6H2,1-2H3,(H,22,23)(H2,16,24,25)/t7-,8+,9-,11?,12+/m0/s1. The number of carbonyl (C=O) groups is 2. The van der Waals surface area contributed by atoms with Crippen LogP contribution in [-0.4, -0.2) is 78.1 Å². The summed E-state index contributed by atoms with van der Waals surface area (Å²) in [6, 6.07) is -0.663. The molecule has 3 rings (SSSR count). The molecule has 0 aromatic heterocycles. The summed E-state index contributed by atoms with van der Waals surface area (Å²) >= 11 is 0. The molecule has 0 spiro atoms. The second kappa shape index (κ2) is 6.57. The minimum Gasteiger partial charge on any atom is -0.477 e. The summed E-state index contributed by atoms with van der Waals surface area (Å²) in [6.07, 6.45) is -0.265. The zero-order valence-electron chi connectivity index (χ0n) is 14.6. The van der Waals surface area contributed by atoms with Crippen molar-refractivity contribution in [2.24, 2.45) is 17.0 Å². The van der Waals surface area contributed by atoms with Gasteiger partial charge in [-0.1, -0.05) is 6.92 Å². The van der Waals surface area contributed by atoms with E-state index >= 15 is 0 Å². The average molecular weight is 388 g/mol. The molecule has 5 atom stereocenters. The first-order valence-corrected chi connectivity index (χ1v) is 10.1. The number of hydrogen-bond acceptors (Lipinski definition) is 6. The highest BCUT2D eigenvalue weighted by Crippen LogP contribution is 2.47. The van der Waals surface area contributed by atoms with Crippen LogP contribution in [0.15, 0.2) is 11.3 Å². The Morgan fingerprint density at radius 1 is 1.46 bits per heavy atom. The third-order valence-corrected chi connectivity index (χ3v) is 6.18. The largest absolute Gasteiger partial charge is 0.477 e. The molecular formula is C15H24N4O6S.